The Balaban J connectivity index is 1.82. The summed E-state index contributed by atoms with van der Waals surface area (Å²) in [4.78, 5) is 15.0. The second-order valence-corrected chi connectivity index (χ2v) is 7.20. The molecule has 0 unspecified atom stereocenters. The van der Waals surface area contributed by atoms with Gasteiger partial charge in [0.05, 0.1) is 7.11 Å². The Morgan fingerprint density at radius 2 is 1.74 bits per heavy atom. The van der Waals surface area contributed by atoms with Crippen LogP contribution >= 0.6 is 23.2 Å². The third kappa shape index (κ3) is 4.48. The first kappa shape index (κ1) is 19.8. The van der Waals surface area contributed by atoms with E-state index < -0.39 is 0 Å². The van der Waals surface area contributed by atoms with Crippen LogP contribution in [0.3, 0.4) is 0 Å². The second-order valence-electron chi connectivity index (χ2n) is 6.44. The second kappa shape index (κ2) is 9.29. The maximum Gasteiger partial charge on any atom is 0.189 e. The van der Waals surface area contributed by atoms with Crippen molar-refractivity contribution in [1.29, 1.82) is 0 Å². The number of hydrogen-bond donors (Lipinski definition) is 0. The fraction of sp³-hybridized carbons (Fsp3) is 0.318. The molecule has 0 fully saturated rings. The maximum absolute atomic E-state index is 12.9. The van der Waals surface area contributed by atoms with Crippen molar-refractivity contribution in [3.63, 3.8) is 0 Å². The van der Waals surface area contributed by atoms with Gasteiger partial charge in [-0.05, 0) is 42.7 Å². The van der Waals surface area contributed by atoms with E-state index >= 15 is 0 Å². The van der Waals surface area contributed by atoms with Crippen molar-refractivity contribution in [1.82, 2.24) is 0 Å². The van der Waals surface area contributed by atoms with Gasteiger partial charge in [0.15, 0.2) is 5.78 Å². The van der Waals surface area contributed by atoms with E-state index in [1.165, 1.54) is 0 Å². The van der Waals surface area contributed by atoms with E-state index in [1.807, 2.05) is 36.4 Å². The number of nitrogens with zero attached hydrogens (tertiary/aromatic N) is 1. The molecule has 0 saturated heterocycles. The molecule has 2 aromatic rings. The molecule has 0 saturated carbocycles. The van der Waals surface area contributed by atoms with E-state index in [9.17, 15) is 4.79 Å². The fourth-order valence-corrected chi connectivity index (χ4v) is 3.88. The first-order chi connectivity index (χ1) is 13.2. The zero-order valence-corrected chi connectivity index (χ0v) is 16.9. The van der Waals surface area contributed by atoms with Gasteiger partial charge in [0, 0.05) is 47.2 Å². The molecule has 0 spiro atoms. The molecule has 142 valence electrons. The quantitative estimate of drug-likeness (QED) is 0.470. The Morgan fingerprint density at radius 3 is 2.37 bits per heavy atom. The standard InChI is InChI=1S/C22H23Cl2NO2/c1-27-21-4-2-3-20-19(21)10-7-17(22(20)26)15-16-5-8-18(9-6-16)25(13-11-23)14-12-24/h2-6,8-9,15H,7,10-14H2,1H3/b17-15+. The van der Waals surface area contributed by atoms with Crippen molar-refractivity contribution < 1.29 is 9.53 Å². The molecular formula is C22H23Cl2NO2. The van der Waals surface area contributed by atoms with Gasteiger partial charge in [-0.2, -0.15) is 0 Å². The van der Waals surface area contributed by atoms with Gasteiger partial charge in [-0.15, -0.1) is 23.2 Å². The molecule has 0 radical (unpaired) electrons. The zero-order valence-electron chi connectivity index (χ0n) is 15.4. The van der Waals surface area contributed by atoms with Crippen molar-refractivity contribution in [3.8, 4) is 5.75 Å². The van der Waals surface area contributed by atoms with E-state index in [2.05, 4.69) is 17.0 Å². The predicted molar refractivity (Wildman–Crippen MR) is 114 cm³/mol. The predicted octanol–water partition coefficient (Wildman–Crippen LogP) is 5.19. The van der Waals surface area contributed by atoms with Crippen molar-refractivity contribution >= 4 is 40.7 Å². The van der Waals surface area contributed by atoms with Gasteiger partial charge in [0.25, 0.3) is 0 Å². The van der Waals surface area contributed by atoms with E-state index in [-0.39, 0.29) is 5.78 Å². The number of carbonyl (C=O) groups excluding carboxylic acids is 1. The summed E-state index contributed by atoms with van der Waals surface area (Å²) < 4.78 is 5.39. The van der Waals surface area contributed by atoms with Crippen LogP contribution in [0.5, 0.6) is 5.75 Å². The molecule has 2 aromatic carbocycles. The summed E-state index contributed by atoms with van der Waals surface area (Å²) in [6.07, 6.45) is 3.52. The first-order valence-corrected chi connectivity index (χ1v) is 10.1. The summed E-state index contributed by atoms with van der Waals surface area (Å²) in [6, 6.07) is 13.8. The van der Waals surface area contributed by atoms with Crippen molar-refractivity contribution in [2.45, 2.75) is 12.8 Å². The van der Waals surface area contributed by atoms with Gasteiger partial charge >= 0.3 is 0 Å². The lowest BCUT2D eigenvalue weighted by Crippen LogP contribution is -2.27. The van der Waals surface area contributed by atoms with Crippen LogP contribution < -0.4 is 9.64 Å². The molecule has 0 aliphatic heterocycles. The number of carbonyl (C=O) groups is 1. The Hall–Kier alpha value is -1.97. The number of alkyl halides is 2. The molecule has 0 amide bonds. The molecule has 1 aliphatic carbocycles. The van der Waals surface area contributed by atoms with E-state index in [4.69, 9.17) is 27.9 Å². The Morgan fingerprint density at radius 1 is 1.04 bits per heavy atom. The minimum atomic E-state index is 0.0881. The lowest BCUT2D eigenvalue weighted by Gasteiger charge is -2.23. The molecule has 0 bridgehead atoms. The largest absolute Gasteiger partial charge is 0.496 e. The average Bonchev–Trinajstić information content (AvgIpc) is 2.70. The number of halogens is 2. The highest BCUT2D eigenvalue weighted by Gasteiger charge is 2.24. The maximum atomic E-state index is 12.9. The van der Waals surface area contributed by atoms with E-state index in [1.54, 1.807) is 7.11 Å². The van der Waals surface area contributed by atoms with Gasteiger partial charge in [-0.25, -0.2) is 0 Å². The number of hydrogen-bond acceptors (Lipinski definition) is 3. The summed E-state index contributed by atoms with van der Waals surface area (Å²) in [5.74, 6) is 1.99. The van der Waals surface area contributed by atoms with Crippen LogP contribution in [0, 0.1) is 0 Å². The number of allylic oxidation sites excluding steroid dienone is 1. The summed E-state index contributed by atoms with van der Waals surface area (Å²) >= 11 is 11.8. The molecule has 1 aliphatic rings. The number of rotatable bonds is 7. The number of methoxy groups -OCH3 is 1. The molecule has 27 heavy (non-hydrogen) atoms. The van der Waals surface area contributed by atoms with Crippen LogP contribution in [0.4, 0.5) is 5.69 Å². The monoisotopic (exact) mass is 403 g/mol. The molecule has 3 rings (SSSR count). The topological polar surface area (TPSA) is 29.5 Å². The first-order valence-electron chi connectivity index (χ1n) is 9.06. The molecule has 5 heteroatoms. The number of anilines is 1. The summed E-state index contributed by atoms with van der Waals surface area (Å²) in [7, 11) is 1.64. The zero-order chi connectivity index (χ0) is 19.2. The highest BCUT2D eigenvalue weighted by Crippen LogP contribution is 2.32. The number of ether oxygens (including phenoxy) is 1. The normalized spacial score (nSPS) is 14.9. The lowest BCUT2D eigenvalue weighted by atomic mass is 9.85. The molecule has 0 heterocycles. The fourth-order valence-electron chi connectivity index (χ4n) is 3.47. The van der Waals surface area contributed by atoms with E-state index in [0.717, 1.165) is 59.6 Å². The van der Waals surface area contributed by atoms with Crippen LogP contribution in [0.15, 0.2) is 48.0 Å². The summed E-state index contributed by atoms with van der Waals surface area (Å²) in [5.41, 5.74) is 4.70. The number of benzene rings is 2. The van der Waals surface area contributed by atoms with Gasteiger partial charge in [0.2, 0.25) is 0 Å². The van der Waals surface area contributed by atoms with Gasteiger partial charge in [-0.1, -0.05) is 24.3 Å². The Bertz CT molecular complexity index is 825. The van der Waals surface area contributed by atoms with E-state index in [0.29, 0.717) is 11.8 Å². The smallest absolute Gasteiger partial charge is 0.189 e. The van der Waals surface area contributed by atoms with Crippen LogP contribution in [0.1, 0.15) is 27.9 Å². The number of ketones is 1. The van der Waals surface area contributed by atoms with Gasteiger partial charge in [-0.3, -0.25) is 4.79 Å². The molecule has 0 aromatic heterocycles. The molecule has 0 atom stereocenters. The third-order valence-electron chi connectivity index (χ3n) is 4.84. The molecular weight excluding hydrogens is 381 g/mol. The molecule has 3 nitrogen and oxygen atoms in total. The average molecular weight is 404 g/mol. The van der Waals surface area contributed by atoms with Crippen molar-refractivity contribution in [2.75, 3.05) is 36.9 Å². The SMILES string of the molecule is COc1cccc2c1CC/C(=C\c1ccc(N(CCCl)CCCl)cc1)C2=O. The Kier molecular flexibility index (Phi) is 6.81. The highest BCUT2D eigenvalue weighted by molar-refractivity contribution is 6.18. The summed E-state index contributed by atoms with van der Waals surface area (Å²) in [5, 5.41) is 0. The van der Waals surface area contributed by atoms with Crippen molar-refractivity contribution in [2.24, 2.45) is 0 Å². The number of Topliss-reactive ketones (excluding diaryl/α,β-unsaturated/α-hetero) is 1. The van der Waals surface area contributed by atoms with Crippen LogP contribution in [-0.4, -0.2) is 37.7 Å². The third-order valence-corrected chi connectivity index (χ3v) is 5.18. The number of fused-ring (bicyclic) bond motifs is 1. The summed E-state index contributed by atoms with van der Waals surface area (Å²) in [6.45, 7) is 1.51. The highest BCUT2D eigenvalue weighted by atomic mass is 35.5. The van der Waals surface area contributed by atoms with Crippen LogP contribution in [-0.2, 0) is 6.42 Å². The minimum absolute atomic E-state index is 0.0881. The molecule has 0 N–H and O–H groups in total. The van der Waals surface area contributed by atoms with Gasteiger partial charge < -0.3 is 9.64 Å². The Labute approximate surface area is 170 Å². The van der Waals surface area contributed by atoms with Crippen molar-refractivity contribution in [3.05, 3.63) is 64.7 Å². The van der Waals surface area contributed by atoms with Crippen LogP contribution in [0.2, 0.25) is 0 Å². The van der Waals surface area contributed by atoms with Crippen LogP contribution in [0.25, 0.3) is 6.08 Å². The minimum Gasteiger partial charge on any atom is -0.496 e. The van der Waals surface area contributed by atoms with Gasteiger partial charge in [0.1, 0.15) is 5.75 Å². The lowest BCUT2D eigenvalue weighted by molar-refractivity contribution is 0.102.